The number of terminal acetylenes is 1. The van der Waals surface area contributed by atoms with E-state index in [0.29, 0.717) is 0 Å². The van der Waals surface area contributed by atoms with Gasteiger partial charge in [0, 0.05) is 12.4 Å². The van der Waals surface area contributed by atoms with Gasteiger partial charge in [-0.05, 0) is 25.5 Å². The predicted molar refractivity (Wildman–Crippen MR) is 51.1 cm³/mol. The summed E-state index contributed by atoms with van der Waals surface area (Å²) in [4.78, 5) is 3.47. The van der Waals surface area contributed by atoms with Gasteiger partial charge in [-0.15, -0.1) is 6.42 Å². The van der Waals surface area contributed by atoms with Gasteiger partial charge in [0.25, 0.3) is 0 Å². The zero-order valence-electron chi connectivity index (χ0n) is 8.39. The molecule has 0 N–H and O–H groups in total. The molecule has 0 aromatic carbocycles. The Kier molecular flexibility index (Phi) is 2.76. The van der Waals surface area contributed by atoms with E-state index >= 15 is 0 Å². The van der Waals surface area contributed by atoms with Crippen LogP contribution >= 0.6 is 0 Å². The highest BCUT2D eigenvalue weighted by Gasteiger charge is 2.37. The van der Waals surface area contributed by atoms with E-state index in [1.807, 2.05) is 0 Å². The largest absolute Gasteiger partial charge is 0.418 e. The van der Waals surface area contributed by atoms with Gasteiger partial charge in [-0.2, -0.15) is 13.2 Å². The number of pyridine rings is 1. The SMILES string of the molecule is C#CC(C)(C)c1ccncc1C(F)(F)F. The summed E-state index contributed by atoms with van der Waals surface area (Å²) < 4.78 is 37.8. The molecule has 0 radical (unpaired) electrons. The third kappa shape index (κ3) is 2.30. The van der Waals surface area contributed by atoms with Crippen molar-refractivity contribution in [3.63, 3.8) is 0 Å². The molecule has 1 nitrogen and oxygen atoms in total. The van der Waals surface area contributed by atoms with Gasteiger partial charge in [-0.1, -0.05) is 5.92 Å². The molecule has 0 aliphatic heterocycles. The van der Waals surface area contributed by atoms with E-state index in [4.69, 9.17) is 6.42 Å². The van der Waals surface area contributed by atoms with Gasteiger partial charge in [-0.25, -0.2) is 0 Å². The number of halogens is 3. The molecule has 0 aliphatic rings. The summed E-state index contributed by atoms with van der Waals surface area (Å²) in [7, 11) is 0. The van der Waals surface area contributed by atoms with Crippen LogP contribution in [0.25, 0.3) is 0 Å². The minimum absolute atomic E-state index is 0.0764. The molecule has 0 saturated carbocycles. The Bertz CT molecular complexity index is 399. The Morgan fingerprint density at radius 3 is 2.33 bits per heavy atom. The van der Waals surface area contributed by atoms with E-state index in [0.717, 1.165) is 6.20 Å². The Labute approximate surface area is 86.3 Å². The molecule has 0 saturated heterocycles. The molecule has 1 aromatic rings. The van der Waals surface area contributed by atoms with Gasteiger partial charge >= 0.3 is 6.18 Å². The molecule has 1 heterocycles. The molecule has 0 aliphatic carbocycles. The van der Waals surface area contributed by atoms with Crippen LogP contribution < -0.4 is 0 Å². The summed E-state index contributed by atoms with van der Waals surface area (Å²) in [5.74, 6) is 2.34. The van der Waals surface area contributed by atoms with Gasteiger partial charge in [0.1, 0.15) is 0 Å². The molecule has 1 aromatic heterocycles. The fourth-order valence-corrected chi connectivity index (χ4v) is 1.24. The second-order valence-corrected chi connectivity index (χ2v) is 3.69. The van der Waals surface area contributed by atoms with Crippen molar-refractivity contribution in [1.29, 1.82) is 0 Å². The highest BCUT2D eigenvalue weighted by molar-refractivity contribution is 5.38. The maximum Gasteiger partial charge on any atom is 0.418 e. The molecule has 0 spiro atoms. The van der Waals surface area contributed by atoms with E-state index in [2.05, 4.69) is 10.9 Å². The van der Waals surface area contributed by atoms with Crippen molar-refractivity contribution >= 4 is 0 Å². The zero-order valence-corrected chi connectivity index (χ0v) is 8.39. The quantitative estimate of drug-likeness (QED) is 0.653. The summed E-state index contributed by atoms with van der Waals surface area (Å²) in [5, 5.41) is 0. The molecule has 4 heteroatoms. The molecule has 0 atom stereocenters. The van der Waals surface area contributed by atoms with E-state index in [1.54, 1.807) is 13.8 Å². The number of nitrogens with zero attached hydrogens (tertiary/aromatic N) is 1. The average Bonchev–Trinajstić information content (AvgIpc) is 2.16. The molecular weight excluding hydrogens is 203 g/mol. The first-order valence-corrected chi connectivity index (χ1v) is 4.28. The lowest BCUT2D eigenvalue weighted by molar-refractivity contribution is -0.138. The Morgan fingerprint density at radius 1 is 1.27 bits per heavy atom. The van der Waals surface area contributed by atoms with Crippen molar-refractivity contribution in [3.8, 4) is 12.3 Å². The lowest BCUT2D eigenvalue weighted by atomic mass is 9.83. The number of alkyl halides is 3. The molecule has 0 bridgehead atoms. The first kappa shape index (κ1) is 11.6. The Balaban J connectivity index is 3.39. The van der Waals surface area contributed by atoms with Crippen LogP contribution in [0, 0.1) is 12.3 Å². The second-order valence-electron chi connectivity index (χ2n) is 3.69. The molecule has 0 unspecified atom stereocenters. The van der Waals surface area contributed by atoms with Crippen LogP contribution in [0.15, 0.2) is 18.5 Å². The minimum Gasteiger partial charge on any atom is -0.264 e. The minimum atomic E-state index is -4.42. The average molecular weight is 213 g/mol. The monoisotopic (exact) mass is 213 g/mol. The normalized spacial score (nSPS) is 12.3. The Morgan fingerprint density at radius 2 is 1.87 bits per heavy atom. The third-order valence-electron chi connectivity index (χ3n) is 2.16. The highest BCUT2D eigenvalue weighted by atomic mass is 19.4. The van der Waals surface area contributed by atoms with Crippen LogP contribution in [0.2, 0.25) is 0 Å². The molecular formula is C11H10F3N. The number of hydrogen-bond donors (Lipinski definition) is 0. The van der Waals surface area contributed by atoms with Gasteiger partial charge < -0.3 is 0 Å². The number of aromatic nitrogens is 1. The standard InChI is InChI=1S/C11H10F3N/c1-4-10(2,3)8-5-6-15-7-9(8)11(12,13)14/h1,5-7H,2-3H3. The molecule has 0 amide bonds. The smallest absolute Gasteiger partial charge is 0.264 e. The molecule has 80 valence electrons. The zero-order chi connectivity index (χ0) is 11.7. The van der Waals surface area contributed by atoms with E-state index in [1.165, 1.54) is 12.3 Å². The van der Waals surface area contributed by atoms with Crippen molar-refractivity contribution < 1.29 is 13.2 Å². The van der Waals surface area contributed by atoms with Crippen molar-refractivity contribution in [3.05, 3.63) is 29.6 Å². The van der Waals surface area contributed by atoms with Gasteiger partial charge in [0.15, 0.2) is 0 Å². The predicted octanol–water partition coefficient (Wildman–Crippen LogP) is 3.01. The van der Waals surface area contributed by atoms with Crippen LogP contribution in [0.3, 0.4) is 0 Å². The second kappa shape index (κ2) is 3.58. The first-order valence-electron chi connectivity index (χ1n) is 4.28. The van der Waals surface area contributed by atoms with Gasteiger partial charge in [0.2, 0.25) is 0 Å². The lowest BCUT2D eigenvalue weighted by Gasteiger charge is -2.22. The number of hydrogen-bond acceptors (Lipinski definition) is 1. The summed E-state index contributed by atoms with van der Waals surface area (Å²) in [6.45, 7) is 3.13. The van der Waals surface area contributed by atoms with Crippen molar-refractivity contribution in [2.45, 2.75) is 25.4 Å². The van der Waals surface area contributed by atoms with Crippen LogP contribution in [-0.4, -0.2) is 4.98 Å². The molecule has 0 fully saturated rings. The van der Waals surface area contributed by atoms with Crippen molar-refractivity contribution in [2.75, 3.05) is 0 Å². The lowest BCUT2D eigenvalue weighted by Crippen LogP contribution is -2.21. The van der Waals surface area contributed by atoms with Crippen LogP contribution in [0.4, 0.5) is 13.2 Å². The number of rotatable bonds is 1. The van der Waals surface area contributed by atoms with E-state index < -0.39 is 17.2 Å². The topological polar surface area (TPSA) is 12.9 Å². The summed E-state index contributed by atoms with van der Waals surface area (Å²) in [6.07, 6.45) is 2.90. The maximum absolute atomic E-state index is 12.6. The van der Waals surface area contributed by atoms with Crippen LogP contribution in [-0.2, 0) is 11.6 Å². The van der Waals surface area contributed by atoms with E-state index in [9.17, 15) is 13.2 Å². The van der Waals surface area contributed by atoms with Gasteiger partial charge in [0.05, 0.1) is 11.0 Å². The summed E-state index contributed by atoms with van der Waals surface area (Å²) >= 11 is 0. The van der Waals surface area contributed by atoms with Crippen molar-refractivity contribution in [2.24, 2.45) is 0 Å². The third-order valence-corrected chi connectivity index (χ3v) is 2.16. The first-order chi connectivity index (χ1) is 6.79. The molecule has 15 heavy (non-hydrogen) atoms. The Hall–Kier alpha value is -1.50. The van der Waals surface area contributed by atoms with Crippen LogP contribution in [0.1, 0.15) is 25.0 Å². The van der Waals surface area contributed by atoms with Crippen molar-refractivity contribution in [1.82, 2.24) is 4.98 Å². The fourth-order valence-electron chi connectivity index (χ4n) is 1.24. The van der Waals surface area contributed by atoms with Crippen LogP contribution in [0.5, 0.6) is 0 Å². The van der Waals surface area contributed by atoms with E-state index in [-0.39, 0.29) is 5.56 Å². The van der Waals surface area contributed by atoms with Gasteiger partial charge in [-0.3, -0.25) is 4.98 Å². The summed E-state index contributed by atoms with van der Waals surface area (Å²) in [6, 6.07) is 1.31. The summed E-state index contributed by atoms with van der Waals surface area (Å²) in [5.41, 5.74) is -1.64. The molecule has 1 rings (SSSR count). The highest BCUT2D eigenvalue weighted by Crippen LogP contribution is 2.36. The fraction of sp³-hybridized carbons (Fsp3) is 0.364. The maximum atomic E-state index is 12.6.